The Bertz CT molecular complexity index is 1560. The third-order valence-corrected chi connectivity index (χ3v) is 14.8. The van der Waals surface area contributed by atoms with Crippen LogP contribution in [-0.2, 0) is 30.3 Å². The number of esters is 1. The molecule has 12 nitrogen and oxygen atoms in total. The number of hydrogen-bond acceptors (Lipinski definition) is 7. The van der Waals surface area contributed by atoms with Gasteiger partial charge in [0.1, 0.15) is 31.8 Å². The molecule has 2 aromatic rings. The van der Waals surface area contributed by atoms with Gasteiger partial charge in [0.15, 0.2) is 0 Å². The monoisotopic (exact) mass is 683 g/mol. The van der Waals surface area contributed by atoms with Gasteiger partial charge in [-0.2, -0.15) is 0 Å². The Morgan fingerprint density at radius 1 is 1.00 bits per heavy atom. The molecule has 0 saturated carbocycles. The average molecular weight is 684 g/mol. The molecule has 2 aliphatic heterocycles. The fraction of sp³-hybridized carbons (Fsp3) is 0.600. The van der Waals surface area contributed by atoms with E-state index in [9.17, 15) is 29.3 Å². The normalized spacial score (nSPS) is 21.1. The standard InChI is InChI=1S/C35H53N5O7Si/c1-11-48(12-2,13-3)33-24-19-27(34(44)47-35(8,9)10)37-32(43)29(21(6)7)39-30(41)26(16-20(4)5)36-31(42)28(40(45)46)18-22-14-15-23(24)25(17-22)38-33/h14-15,17-18,20-21,26-27,29,38H,11-13,16,19H2,1-10H3,(H,36,42)(H,37,43)(H,39,41)/b28-18+/t26-,27-,29-/m0/s1. The molecule has 0 unspecified atom stereocenters. The molecule has 0 saturated heterocycles. The predicted octanol–water partition coefficient (Wildman–Crippen LogP) is 4.56. The minimum absolute atomic E-state index is 0.0652. The van der Waals surface area contributed by atoms with Crippen molar-refractivity contribution >= 4 is 54.1 Å². The maximum absolute atomic E-state index is 14.0. The van der Waals surface area contributed by atoms with Gasteiger partial charge in [0.2, 0.25) is 11.8 Å². The summed E-state index contributed by atoms with van der Waals surface area (Å²) in [6, 6.07) is 4.77. The molecule has 3 amide bonds. The molecule has 0 radical (unpaired) electrons. The van der Waals surface area contributed by atoms with E-state index < -0.39 is 72.0 Å². The van der Waals surface area contributed by atoms with Crippen molar-refractivity contribution in [1.29, 1.82) is 0 Å². The smallest absolute Gasteiger partial charge is 0.334 e. The Kier molecular flexibility index (Phi) is 12.4. The molecule has 3 heterocycles. The molecule has 0 fully saturated rings. The van der Waals surface area contributed by atoms with Crippen molar-refractivity contribution in [2.45, 2.75) is 124 Å². The van der Waals surface area contributed by atoms with Gasteiger partial charge in [0.25, 0.3) is 0 Å². The van der Waals surface area contributed by atoms with Crippen LogP contribution in [0, 0.1) is 22.0 Å². The number of fused-ring (bicyclic) bond motifs is 11. The van der Waals surface area contributed by atoms with Crippen LogP contribution in [0.25, 0.3) is 17.0 Å². The number of carbonyl (C=O) groups excluding carboxylic acids is 4. The molecule has 13 heteroatoms. The summed E-state index contributed by atoms with van der Waals surface area (Å²) in [6.07, 6.45) is 1.51. The van der Waals surface area contributed by atoms with Crippen molar-refractivity contribution < 1.29 is 28.8 Å². The van der Waals surface area contributed by atoms with Crippen LogP contribution >= 0.6 is 0 Å². The fourth-order valence-electron chi connectivity index (χ4n) is 6.42. The Labute approximate surface area is 284 Å². The van der Waals surface area contributed by atoms with Crippen molar-refractivity contribution in [2.75, 3.05) is 0 Å². The van der Waals surface area contributed by atoms with E-state index in [0.717, 1.165) is 34.4 Å². The van der Waals surface area contributed by atoms with E-state index in [-0.39, 0.29) is 18.8 Å². The number of ether oxygens (including phenoxy) is 1. The first-order valence-corrected chi connectivity index (χ1v) is 19.6. The molecule has 3 atom stereocenters. The van der Waals surface area contributed by atoms with Crippen molar-refractivity contribution in [3.8, 4) is 0 Å². The SMILES string of the molecule is CC[Si](CC)(CC)c1[nH]c2cc3ccc2c1C[C@@H](C(=O)OC(C)(C)C)NC(=O)[C@H](C(C)C)NC(=O)[C@H](CC(C)C)NC(=O)/C([N+](=O)[O-])=C\3. The number of benzene rings is 1. The topological polar surface area (TPSA) is 173 Å². The van der Waals surface area contributed by atoms with E-state index >= 15 is 0 Å². The van der Waals surface area contributed by atoms with Crippen LogP contribution in [0.5, 0.6) is 0 Å². The van der Waals surface area contributed by atoms with Crippen molar-refractivity contribution in [3.05, 3.63) is 45.1 Å². The molecule has 2 aliphatic rings. The molecule has 4 rings (SSSR count). The highest BCUT2D eigenvalue weighted by Gasteiger charge is 2.38. The minimum atomic E-state index is -2.13. The lowest BCUT2D eigenvalue weighted by atomic mass is 9.99. The second kappa shape index (κ2) is 15.5. The minimum Gasteiger partial charge on any atom is -0.458 e. The number of nitrogens with zero attached hydrogens (tertiary/aromatic N) is 1. The average Bonchev–Trinajstić information content (AvgIpc) is 3.34. The van der Waals surface area contributed by atoms with Crippen molar-refractivity contribution in [3.63, 3.8) is 0 Å². The zero-order valence-electron chi connectivity index (χ0n) is 30.0. The summed E-state index contributed by atoms with van der Waals surface area (Å²) >= 11 is 0. The Morgan fingerprint density at radius 2 is 1.62 bits per heavy atom. The van der Waals surface area contributed by atoms with Crippen LogP contribution in [0.4, 0.5) is 0 Å². The summed E-state index contributed by atoms with van der Waals surface area (Å²) in [5, 5.41) is 22.3. The van der Waals surface area contributed by atoms with Crippen LogP contribution in [0.1, 0.15) is 86.8 Å². The van der Waals surface area contributed by atoms with Crippen molar-refractivity contribution in [2.24, 2.45) is 11.8 Å². The summed E-state index contributed by atoms with van der Waals surface area (Å²) < 4.78 is 5.82. The Morgan fingerprint density at radius 3 is 2.15 bits per heavy atom. The molecule has 1 aromatic heterocycles. The van der Waals surface area contributed by atoms with Crippen LogP contribution in [0.15, 0.2) is 23.9 Å². The Hall–Kier alpha value is -4.00. The number of carbonyl (C=O) groups is 4. The van der Waals surface area contributed by atoms with Crippen LogP contribution in [-0.4, -0.2) is 65.4 Å². The lowest BCUT2D eigenvalue weighted by Gasteiger charge is -2.31. The highest BCUT2D eigenvalue weighted by atomic mass is 28.3. The first kappa shape index (κ1) is 38.4. The lowest BCUT2D eigenvalue weighted by molar-refractivity contribution is -0.417. The van der Waals surface area contributed by atoms with E-state index in [1.165, 1.54) is 6.08 Å². The van der Waals surface area contributed by atoms with Gasteiger partial charge in [-0.25, -0.2) is 4.79 Å². The number of rotatable bonds is 9. The summed E-state index contributed by atoms with van der Waals surface area (Å²) in [7, 11) is -2.13. The molecule has 0 aliphatic carbocycles. The Balaban J connectivity index is 2.37. The molecule has 0 spiro atoms. The lowest BCUT2D eigenvalue weighted by Crippen LogP contribution is -2.58. The van der Waals surface area contributed by atoms with Gasteiger partial charge >= 0.3 is 17.6 Å². The third-order valence-electron chi connectivity index (χ3n) is 9.22. The molecule has 1 aromatic carbocycles. The van der Waals surface area contributed by atoms with Gasteiger partial charge in [0, 0.05) is 28.7 Å². The number of aromatic amines is 1. The van der Waals surface area contributed by atoms with Gasteiger partial charge in [-0.3, -0.25) is 24.5 Å². The number of aromatic nitrogens is 1. The summed E-state index contributed by atoms with van der Waals surface area (Å²) in [5.41, 5.74) is 0.475. The molecule has 4 bridgehead atoms. The first-order valence-electron chi connectivity index (χ1n) is 17.0. The maximum Gasteiger partial charge on any atom is 0.334 e. The molecule has 264 valence electrons. The highest BCUT2D eigenvalue weighted by Crippen LogP contribution is 2.29. The van der Waals surface area contributed by atoms with Gasteiger partial charge in [-0.1, -0.05) is 78.7 Å². The zero-order chi connectivity index (χ0) is 36.1. The van der Waals surface area contributed by atoms with Crippen LogP contribution in [0.3, 0.4) is 0 Å². The van der Waals surface area contributed by atoms with Crippen molar-refractivity contribution in [1.82, 2.24) is 20.9 Å². The number of nitrogens with one attached hydrogen (secondary N) is 4. The fourth-order valence-corrected chi connectivity index (χ4v) is 10.3. The zero-order valence-corrected chi connectivity index (χ0v) is 31.0. The quantitative estimate of drug-likeness (QED) is 0.0987. The third kappa shape index (κ3) is 8.91. The summed E-state index contributed by atoms with van der Waals surface area (Å²) in [4.78, 5) is 69.9. The molecule has 48 heavy (non-hydrogen) atoms. The molecule has 4 N–H and O–H groups in total. The second-order valence-corrected chi connectivity index (χ2v) is 19.8. The highest BCUT2D eigenvalue weighted by molar-refractivity contribution is 6.91. The first-order chi connectivity index (χ1) is 22.4. The predicted molar refractivity (Wildman–Crippen MR) is 190 cm³/mol. The summed E-state index contributed by atoms with van der Waals surface area (Å²) in [5.74, 6) is -3.31. The van der Waals surface area contributed by atoms with Gasteiger partial charge in [0.05, 0.1) is 4.92 Å². The number of hydrogen-bond donors (Lipinski definition) is 4. The van der Waals surface area contributed by atoms with E-state index in [0.29, 0.717) is 11.1 Å². The van der Waals surface area contributed by atoms with E-state index in [2.05, 4.69) is 41.7 Å². The molecular weight excluding hydrogens is 630 g/mol. The number of amides is 3. The van der Waals surface area contributed by atoms with E-state index in [4.69, 9.17) is 4.74 Å². The largest absolute Gasteiger partial charge is 0.458 e. The van der Waals surface area contributed by atoms with E-state index in [1.807, 2.05) is 19.9 Å². The van der Waals surface area contributed by atoms with Gasteiger partial charge < -0.3 is 25.7 Å². The summed E-state index contributed by atoms with van der Waals surface area (Å²) in [6.45, 7) is 19.0. The van der Waals surface area contributed by atoms with Crippen LogP contribution < -0.4 is 21.3 Å². The number of nitro groups is 1. The second-order valence-electron chi connectivity index (χ2n) is 14.6. The van der Waals surface area contributed by atoms with E-state index in [1.54, 1.807) is 46.8 Å². The van der Waals surface area contributed by atoms with Gasteiger partial charge in [-0.05, 0) is 56.2 Å². The molecular formula is C35H53N5O7Si. The van der Waals surface area contributed by atoms with Gasteiger partial charge in [-0.15, -0.1) is 0 Å². The maximum atomic E-state index is 14.0. The van der Waals surface area contributed by atoms with Crippen LogP contribution in [0.2, 0.25) is 18.1 Å². The number of H-pyrrole nitrogens is 1.